The van der Waals surface area contributed by atoms with Crippen LogP contribution >= 0.6 is 0 Å². The fourth-order valence-electron chi connectivity index (χ4n) is 0.784. The summed E-state index contributed by atoms with van der Waals surface area (Å²) in [6.45, 7) is 2.43. The summed E-state index contributed by atoms with van der Waals surface area (Å²) in [7, 11) is 1.60. The summed E-state index contributed by atoms with van der Waals surface area (Å²) in [5.41, 5.74) is 5.26. The Morgan fingerprint density at radius 1 is 1.71 bits per heavy atom. The minimum Gasteiger partial charge on any atom is -0.381 e. The molecule has 0 aliphatic carbocycles. The van der Waals surface area contributed by atoms with Crippen LogP contribution in [0.2, 0.25) is 0 Å². The highest BCUT2D eigenvalue weighted by Gasteiger charge is 2.04. The Balaban J connectivity index is 2.55. The maximum absolute atomic E-state index is 12.7. The molecule has 0 radical (unpaired) electrons. The van der Waals surface area contributed by atoms with Crippen LogP contribution in [0.25, 0.3) is 0 Å². The van der Waals surface area contributed by atoms with Crippen molar-refractivity contribution in [1.82, 2.24) is 9.97 Å². The van der Waals surface area contributed by atoms with E-state index in [-0.39, 0.29) is 11.9 Å². The van der Waals surface area contributed by atoms with E-state index in [4.69, 9.17) is 10.5 Å². The fourth-order valence-corrected chi connectivity index (χ4v) is 0.784. The molecular formula is C8H13FN4O. The van der Waals surface area contributed by atoms with Crippen molar-refractivity contribution in [3.05, 3.63) is 12.0 Å². The molecule has 0 bridgehead atoms. The minimum atomic E-state index is -0.615. The van der Waals surface area contributed by atoms with E-state index < -0.39 is 5.82 Å². The smallest absolute Gasteiger partial charge is 0.224 e. The summed E-state index contributed by atoms with van der Waals surface area (Å²) in [6, 6.07) is 0. The molecule has 0 amide bonds. The highest BCUT2D eigenvalue weighted by Crippen LogP contribution is 2.07. The van der Waals surface area contributed by atoms with Crippen LogP contribution < -0.4 is 11.1 Å². The van der Waals surface area contributed by atoms with E-state index in [0.29, 0.717) is 12.5 Å². The van der Waals surface area contributed by atoms with Crippen molar-refractivity contribution in [3.63, 3.8) is 0 Å². The average Bonchev–Trinajstić information content (AvgIpc) is 2.19. The van der Waals surface area contributed by atoms with Gasteiger partial charge in [-0.1, -0.05) is 0 Å². The topological polar surface area (TPSA) is 73.1 Å². The van der Waals surface area contributed by atoms with Gasteiger partial charge in [-0.05, 0) is 6.92 Å². The number of nitrogen functional groups attached to an aromatic ring is 1. The normalized spacial score (nSPS) is 12.5. The standard InChI is InChI=1S/C8H13FN4O/c1-5(14-2)3-11-8-12-4-6(9)7(10)13-8/h4-5H,3H2,1-2H3,(H3,10,11,12,13). The Kier molecular flexibility index (Phi) is 3.58. The van der Waals surface area contributed by atoms with Crippen molar-refractivity contribution in [3.8, 4) is 0 Å². The van der Waals surface area contributed by atoms with Crippen LogP contribution in [0.3, 0.4) is 0 Å². The number of methoxy groups -OCH3 is 1. The first-order valence-corrected chi connectivity index (χ1v) is 4.18. The minimum absolute atomic E-state index is 0.0323. The van der Waals surface area contributed by atoms with E-state index in [1.165, 1.54) is 0 Å². The van der Waals surface area contributed by atoms with Gasteiger partial charge in [0.05, 0.1) is 12.3 Å². The third-order valence-electron chi connectivity index (χ3n) is 1.72. The van der Waals surface area contributed by atoms with Gasteiger partial charge in [-0.15, -0.1) is 0 Å². The second-order valence-electron chi connectivity index (χ2n) is 2.85. The molecule has 1 atom stereocenters. The van der Waals surface area contributed by atoms with Crippen LogP contribution in [0.5, 0.6) is 0 Å². The quantitative estimate of drug-likeness (QED) is 0.746. The molecule has 0 saturated heterocycles. The van der Waals surface area contributed by atoms with Crippen molar-refractivity contribution in [2.24, 2.45) is 0 Å². The first-order valence-electron chi connectivity index (χ1n) is 4.18. The van der Waals surface area contributed by atoms with Gasteiger partial charge in [0.15, 0.2) is 11.6 Å². The summed E-state index contributed by atoms with van der Waals surface area (Å²) in [5, 5.41) is 2.87. The van der Waals surface area contributed by atoms with E-state index in [1.54, 1.807) is 7.11 Å². The number of aromatic nitrogens is 2. The van der Waals surface area contributed by atoms with Gasteiger partial charge in [-0.3, -0.25) is 0 Å². The van der Waals surface area contributed by atoms with E-state index in [2.05, 4.69) is 15.3 Å². The lowest BCUT2D eigenvalue weighted by Crippen LogP contribution is -2.19. The van der Waals surface area contributed by atoms with E-state index >= 15 is 0 Å². The van der Waals surface area contributed by atoms with Crippen LogP contribution in [0.4, 0.5) is 16.2 Å². The fraction of sp³-hybridized carbons (Fsp3) is 0.500. The molecule has 0 spiro atoms. The van der Waals surface area contributed by atoms with Gasteiger partial charge >= 0.3 is 0 Å². The van der Waals surface area contributed by atoms with E-state index in [9.17, 15) is 4.39 Å². The SMILES string of the molecule is COC(C)CNc1ncc(F)c(N)n1. The lowest BCUT2D eigenvalue weighted by molar-refractivity contribution is 0.128. The van der Waals surface area contributed by atoms with Gasteiger partial charge in [-0.25, -0.2) is 9.37 Å². The van der Waals surface area contributed by atoms with Crippen molar-refractivity contribution in [2.45, 2.75) is 13.0 Å². The molecule has 1 aromatic rings. The molecule has 1 unspecified atom stereocenters. The van der Waals surface area contributed by atoms with Crippen LogP contribution in [-0.4, -0.2) is 29.7 Å². The summed E-state index contributed by atoms with van der Waals surface area (Å²) in [4.78, 5) is 7.42. The second-order valence-corrected chi connectivity index (χ2v) is 2.85. The number of ether oxygens (including phenoxy) is 1. The van der Waals surface area contributed by atoms with Gasteiger partial charge in [0.1, 0.15) is 0 Å². The highest BCUT2D eigenvalue weighted by molar-refractivity contribution is 5.36. The van der Waals surface area contributed by atoms with E-state index in [0.717, 1.165) is 6.20 Å². The first kappa shape index (κ1) is 10.6. The number of halogens is 1. The van der Waals surface area contributed by atoms with Crippen molar-refractivity contribution >= 4 is 11.8 Å². The third kappa shape index (κ3) is 2.81. The van der Waals surface area contributed by atoms with Gasteiger partial charge < -0.3 is 15.8 Å². The summed E-state index contributed by atoms with van der Waals surface area (Å²) in [5.74, 6) is -0.476. The molecule has 1 aromatic heterocycles. The zero-order valence-electron chi connectivity index (χ0n) is 8.12. The molecule has 1 rings (SSSR count). The highest BCUT2D eigenvalue weighted by atomic mass is 19.1. The molecule has 14 heavy (non-hydrogen) atoms. The molecule has 6 heteroatoms. The summed E-state index contributed by atoms with van der Waals surface area (Å²) in [6.07, 6.45) is 1.06. The maximum atomic E-state index is 12.7. The lowest BCUT2D eigenvalue weighted by Gasteiger charge is -2.10. The Hall–Kier alpha value is -1.43. The third-order valence-corrected chi connectivity index (χ3v) is 1.72. The number of hydrogen-bond donors (Lipinski definition) is 2. The number of hydrogen-bond acceptors (Lipinski definition) is 5. The number of rotatable bonds is 4. The van der Waals surface area contributed by atoms with Crippen LogP contribution in [0, 0.1) is 5.82 Å². The van der Waals surface area contributed by atoms with E-state index in [1.807, 2.05) is 6.92 Å². The van der Waals surface area contributed by atoms with Crippen LogP contribution in [-0.2, 0) is 4.74 Å². The van der Waals surface area contributed by atoms with Crippen LogP contribution in [0.1, 0.15) is 6.92 Å². The van der Waals surface area contributed by atoms with Gasteiger partial charge in [0, 0.05) is 13.7 Å². The largest absolute Gasteiger partial charge is 0.381 e. The Labute approximate surface area is 81.5 Å². The predicted octanol–water partition coefficient (Wildman–Crippen LogP) is 0.645. The summed E-state index contributed by atoms with van der Waals surface area (Å²) >= 11 is 0. The number of nitrogens with zero attached hydrogens (tertiary/aromatic N) is 2. The molecule has 0 aromatic carbocycles. The number of nitrogens with one attached hydrogen (secondary N) is 1. The molecule has 0 aliphatic rings. The van der Waals surface area contributed by atoms with Gasteiger partial charge in [-0.2, -0.15) is 4.98 Å². The molecule has 78 valence electrons. The maximum Gasteiger partial charge on any atom is 0.224 e. The number of anilines is 2. The molecule has 0 saturated carbocycles. The predicted molar refractivity (Wildman–Crippen MR) is 51.4 cm³/mol. The van der Waals surface area contributed by atoms with Gasteiger partial charge in [0.2, 0.25) is 5.95 Å². The Bertz CT molecular complexity index is 307. The molecule has 3 N–H and O–H groups in total. The first-order chi connectivity index (χ1) is 6.63. The molecular weight excluding hydrogens is 187 g/mol. The second kappa shape index (κ2) is 4.71. The van der Waals surface area contributed by atoms with Crippen molar-refractivity contribution in [2.75, 3.05) is 24.7 Å². The molecule has 0 fully saturated rings. The Morgan fingerprint density at radius 2 is 2.43 bits per heavy atom. The summed E-state index contributed by atoms with van der Waals surface area (Å²) < 4.78 is 17.7. The van der Waals surface area contributed by atoms with Crippen LogP contribution in [0.15, 0.2) is 6.20 Å². The lowest BCUT2D eigenvalue weighted by atomic mass is 10.4. The molecule has 0 aliphatic heterocycles. The average molecular weight is 200 g/mol. The number of nitrogens with two attached hydrogens (primary N) is 1. The van der Waals surface area contributed by atoms with Gasteiger partial charge in [0.25, 0.3) is 0 Å². The van der Waals surface area contributed by atoms with Crippen molar-refractivity contribution in [1.29, 1.82) is 0 Å². The zero-order chi connectivity index (χ0) is 10.6. The molecule has 5 nitrogen and oxygen atoms in total. The molecule has 1 heterocycles. The monoisotopic (exact) mass is 200 g/mol. The Morgan fingerprint density at radius 3 is 3.00 bits per heavy atom. The van der Waals surface area contributed by atoms with Crippen molar-refractivity contribution < 1.29 is 9.13 Å². The zero-order valence-corrected chi connectivity index (χ0v) is 8.12.